The zero-order valence-electron chi connectivity index (χ0n) is 12.7. The molecule has 0 saturated heterocycles. The highest BCUT2D eigenvalue weighted by Gasteiger charge is 2.10. The van der Waals surface area contributed by atoms with E-state index in [0.717, 1.165) is 5.56 Å². The third kappa shape index (κ3) is 4.43. The number of benzene rings is 2. The first-order chi connectivity index (χ1) is 10.9. The Balaban J connectivity index is 2.01. The van der Waals surface area contributed by atoms with Gasteiger partial charge in [0.1, 0.15) is 0 Å². The summed E-state index contributed by atoms with van der Waals surface area (Å²) in [7, 11) is 1.54. The molecule has 2 aromatic carbocycles. The quantitative estimate of drug-likeness (QED) is 0.798. The number of nitrogens with one attached hydrogen (secondary N) is 1. The van der Waals surface area contributed by atoms with Crippen molar-refractivity contribution in [3.8, 4) is 11.5 Å². The van der Waals surface area contributed by atoms with Crippen LogP contribution in [-0.4, -0.2) is 19.6 Å². The van der Waals surface area contributed by atoms with Gasteiger partial charge in [-0.15, -0.1) is 0 Å². The minimum Gasteiger partial charge on any atom is -0.493 e. The van der Waals surface area contributed by atoms with Gasteiger partial charge in [0, 0.05) is 5.69 Å². The van der Waals surface area contributed by atoms with Crippen molar-refractivity contribution in [1.29, 1.82) is 0 Å². The van der Waals surface area contributed by atoms with Crippen LogP contribution in [0.1, 0.15) is 5.56 Å². The fraction of sp³-hybridized carbons (Fsp3) is 0.188. The number of hydrogen-bond acceptors (Lipinski definition) is 4. The van der Waals surface area contributed by atoms with Gasteiger partial charge in [-0.1, -0.05) is 29.3 Å². The molecule has 0 aliphatic carbocycles. The molecule has 2 aromatic rings. The zero-order chi connectivity index (χ0) is 17.0. The molecule has 0 aliphatic heterocycles. The van der Waals surface area contributed by atoms with Crippen molar-refractivity contribution in [3.05, 3.63) is 45.9 Å². The van der Waals surface area contributed by atoms with E-state index in [-0.39, 0.29) is 28.2 Å². The van der Waals surface area contributed by atoms with Gasteiger partial charge < -0.3 is 20.5 Å². The Kier molecular flexibility index (Phi) is 5.58. The third-order valence-corrected chi connectivity index (χ3v) is 3.67. The van der Waals surface area contributed by atoms with Gasteiger partial charge in [-0.3, -0.25) is 4.79 Å². The molecule has 0 unspecified atom stereocenters. The second-order valence-electron chi connectivity index (χ2n) is 4.84. The van der Waals surface area contributed by atoms with E-state index in [1.807, 2.05) is 19.1 Å². The number of carbonyl (C=O) groups excluding carboxylic acids is 1. The summed E-state index contributed by atoms with van der Waals surface area (Å²) in [4.78, 5) is 12.0. The molecular weight excluding hydrogens is 339 g/mol. The molecule has 23 heavy (non-hydrogen) atoms. The average molecular weight is 355 g/mol. The van der Waals surface area contributed by atoms with Gasteiger partial charge in [0.05, 0.1) is 22.8 Å². The van der Waals surface area contributed by atoms with Crippen LogP contribution in [0.3, 0.4) is 0 Å². The second-order valence-corrected chi connectivity index (χ2v) is 5.66. The minimum absolute atomic E-state index is 0.182. The molecule has 0 saturated carbocycles. The van der Waals surface area contributed by atoms with Crippen LogP contribution in [0.15, 0.2) is 30.3 Å². The highest BCUT2D eigenvalue weighted by molar-refractivity contribution is 6.39. The molecule has 122 valence electrons. The summed E-state index contributed by atoms with van der Waals surface area (Å²) in [5.74, 6) is 0.697. The van der Waals surface area contributed by atoms with E-state index in [1.54, 1.807) is 13.2 Å². The van der Waals surface area contributed by atoms with Crippen molar-refractivity contribution < 1.29 is 14.3 Å². The molecule has 1 amide bonds. The predicted octanol–water partition coefficient (Wildman–Crippen LogP) is 3.91. The summed E-state index contributed by atoms with van der Waals surface area (Å²) >= 11 is 11.8. The topological polar surface area (TPSA) is 73.6 Å². The molecule has 0 bridgehead atoms. The fourth-order valence-corrected chi connectivity index (χ4v) is 2.38. The van der Waals surface area contributed by atoms with Crippen LogP contribution in [0, 0.1) is 6.92 Å². The number of halogens is 2. The van der Waals surface area contributed by atoms with E-state index >= 15 is 0 Å². The fourth-order valence-electron chi connectivity index (χ4n) is 1.89. The van der Waals surface area contributed by atoms with Gasteiger partial charge in [-0.25, -0.2) is 0 Å². The summed E-state index contributed by atoms with van der Waals surface area (Å²) in [5, 5.41) is 3.19. The number of rotatable bonds is 5. The van der Waals surface area contributed by atoms with Crippen LogP contribution in [0.5, 0.6) is 11.5 Å². The van der Waals surface area contributed by atoms with Gasteiger partial charge in [0.25, 0.3) is 5.91 Å². The Bertz CT molecular complexity index is 712. The normalized spacial score (nSPS) is 10.3. The Labute approximate surface area is 144 Å². The summed E-state index contributed by atoms with van der Waals surface area (Å²) in [5.41, 5.74) is 7.39. The largest absolute Gasteiger partial charge is 0.493 e. The van der Waals surface area contributed by atoms with Crippen molar-refractivity contribution in [2.75, 3.05) is 24.8 Å². The molecule has 0 radical (unpaired) electrons. The molecule has 0 atom stereocenters. The molecule has 0 fully saturated rings. The van der Waals surface area contributed by atoms with Crippen LogP contribution >= 0.6 is 23.2 Å². The monoisotopic (exact) mass is 354 g/mol. The predicted molar refractivity (Wildman–Crippen MR) is 92.7 cm³/mol. The van der Waals surface area contributed by atoms with Gasteiger partial charge in [-0.2, -0.15) is 0 Å². The van der Waals surface area contributed by atoms with Gasteiger partial charge in [0.2, 0.25) is 0 Å². The van der Waals surface area contributed by atoms with E-state index in [9.17, 15) is 4.79 Å². The summed E-state index contributed by atoms with van der Waals surface area (Å²) < 4.78 is 10.7. The van der Waals surface area contributed by atoms with Gasteiger partial charge in [0.15, 0.2) is 18.1 Å². The average Bonchev–Trinajstić information content (AvgIpc) is 2.51. The second kappa shape index (κ2) is 7.44. The Hall–Kier alpha value is -2.11. The molecule has 7 heteroatoms. The van der Waals surface area contributed by atoms with Crippen molar-refractivity contribution >= 4 is 40.5 Å². The van der Waals surface area contributed by atoms with Crippen LogP contribution in [0.4, 0.5) is 11.4 Å². The van der Waals surface area contributed by atoms with Crippen LogP contribution in [0.25, 0.3) is 0 Å². The molecule has 0 heterocycles. The lowest BCUT2D eigenvalue weighted by molar-refractivity contribution is -0.118. The number of methoxy groups -OCH3 is 1. The maximum absolute atomic E-state index is 12.0. The Morgan fingerprint density at radius 1 is 1.17 bits per heavy atom. The van der Waals surface area contributed by atoms with Crippen molar-refractivity contribution in [3.63, 3.8) is 0 Å². The Morgan fingerprint density at radius 2 is 1.83 bits per heavy atom. The van der Waals surface area contributed by atoms with Crippen LogP contribution < -0.4 is 20.5 Å². The number of amides is 1. The van der Waals surface area contributed by atoms with Crippen LogP contribution in [-0.2, 0) is 4.79 Å². The van der Waals surface area contributed by atoms with E-state index in [4.69, 9.17) is 38.4 Å². The number of hydrogen-bond donors (Lipinski definition) is 2. The maximum atomic E-state index is 12.0. The molecule has 0 aromatic heterocycles. The molecule has 2 rings (SSSR count). The number of carbonyl (C=O) groups is 1. The first kappa shape index (κ1) is 17.2. The summed E-state index contributed by atoms with van der Waals surface area (Å²) in [6.07, 6.45) is 0. The zero-order valence-corrected chi connectivity index (χ0v) is 14.2. The summed E-state index contributed by atoms with van der Waals surface area (Å²) in [6.45, 7) is 1.76. The lowest BCUT2D eigenvalue weighted by Crippen LogP contribution is -2.20. The van der Waals surface area contributed by atoms with E-state index in [0.29, 0.717) is 17.2 Å². The third-order valence-electron chi connectivity index (χ3n) is 3.04. The van der Waals surface area contributed by atoms with E-state index in [2.05, 4.69) is 5.32 Å². The smallest absolute Gasteiger partial charge is 0.262 e. The van der Waals surface area contributed by atoms with Gasteiger partial charge >= 0.3 is 0 Å². The highest BCUT2D eigenvalue weighted by atomic mass is 35.5. The molecule has 0 aliphatic rings. The minimum atomic E-state index is -0.357. The molecule has 0 spiro atoms. The van der Waals surface area contributed by atoms with Crippen molar-refractivity contribution in [2.45, 2.75) is 6.92 Å². The number of nitrogen functional groups attached to an aromatic ring is 1. The Morgan fingerprint density at radius 3 is 2.43 bits per heavy atom. The molecule has 3 N–H and O–H groups in total. The molecule has 5 nitrogen and oxygen atoms in total. The number of ether oxygens (including phenoxy) is 2. The van der Waals surface area contributed by atoms with E-state index < -0.39 is 0 Å². The number of anilines is 2. The molecular formula is C16H16Cl2N2O3. The highest BCUT2D eigenvalue weighted by Crippen LogP contribution is 2.31. The van der Waals surface area contributed by atoms with Crippen molar-refractivity contribution in [2.24, 2.45) is 0 Å². The first-order valence-corrected chi connectivity index (χ1v) is 7.48. The first-order valence-electron chi connectivity index (χ1n) is 6.72. The maximum Gasteiger partial charge on any atom is 0.262 e. The lowest BCUT2D eigenvalue weighted by atomic mass is 10.2. The summed E-state index contributed by atoms with van der Waals surface area (Å²) in [6, 6.07) is 8.49. The van der Waals surface area contributed by atoms with Gasteiger partial charge in [-0.05, 0) is 36.8 Å². The number of nitrogens with two attached hydrogens (primary N) is 1. The van der Waals surface area contributed by atoms with Crippen molar-refractivity contribution in [1.82, 2.24) is 0 Å². The van der Waals surface area contributed by atoms with Crippen LogP contribution in [0.2, 0.25) is 10.0 Å². The number of aryl methyl sites for hydroxylation is 1. The van der Waals surface area contributed by atoms with E-state index in [1.165, 1.54) is 12.1 Å². The SMILES string of the molecule is COc1cc(C)ccc1OCC(=O)Nc1cc(Cl)c(N)c(Cl)c1. The standard InChI is InChI=1S/C16H16Cl2N2O3/c1-9-3-4-13(14(5-9)22-2)23-8-15(21)20-10-6-11(17)16(19)12(18)7-10/h3-7H,8,19H2,1-2H3,(H,20,21). The lowest BCUT2D eigenvalue weighted by Gasteiger charge is -2.12.